The molecule has 0 bridgehead atoms. The predicted octanol–water partition coefficient (Wildman–Crippen LogP) is 2.08. The summed E-state index contributed by atoms with van der Waals surface area (Å²) in [7, 11) is 0. The highest BCUT2D eigenvalue weighted by molar-refractivity contribution is 6.01. The Kier molecular flexibility index (Phi) is 4.41. The molecule has 4 nitrogen and oxygen atoms in total. The molecule has 0 unspecified atom stereocenters. The average molecular weight is 254 g/mol. The van der Waals surface area contributed by atoms with Crippen LogP contribution in [0.1, 0.15) is 60.3 Å². The quantitative estimate of drug-likeness (QED) is 0.764. The first kappa shape index (κ1) is 15.0. The van der Waals surface area contributed by atoms with Crippen LogP contribution in [0.2, 0.25) is 0 Å². The minimum atomic E-state index is -0.780. The number of rotatable bonds is 5. The number of hydrogen-bond donors (Lipinski definition) is 1. The first-order valence-electron chi connectivity index (χ1n) is 6.88. The van der Waals surface area contributed by atoms with Crippen LogP contribution in [-0.2, 0) is 9.59 Å². The van der Waals surface area contributed by atoms with E-state index in [-0.39, 0.29) is 11.8 Å². The maximum absolute atomic E-state index is 12.4. The third-order valence-corrected chi connectivity index (χ3v) is 3.67. The summed E-state index contributed by atoms with van der Waals surface area (Å²) < 4.78 is 0. The number of unbranched alkanes of at least 4 members (excludes halogenated alkanes) is 3. The van der Waals surface area contributed by atoms with Gasteiger partial charge in [-0.15, -0.1) is 0 Å². The number of carbonyl (C=O) groups is 2. The van der Waals surface area contributed by atoms with Crippen molar-refractivity contribution in [1.82, 2.24) is 10.2 Å². The maximum Gasteiger partial charge on any atom is 0.248 e. The Balaban J connectivity index is 2.76. The molecule has 0 aromatic carbocycles. The molecule has 0 radical (unpaired) electrons. The van der Waals surface area contributed by atoms with E-state index < -0.39 is 11.1 Å². The molecule has 1 aliphatic rings. The van der Waals surface area contributed by atoms with Gasteiger partial charge in [0.15, 0.2) is 0 Å². The van der Waals surface area contributed by atoms with E-state index >= 15 is 0 Å². The van der Waals surface area contributed by atoms with Crippen molar-refractivity contribution in [3.05, 3.63) is 0 Å². The van der Waals surface area contributed by atoms with Crippen LogP contribution in [0.25, 0.3) is 0 Å². The number of nitrogens with zero attached hydrogens (tertiary/aromatic N) is 1. The molecule has 1 aliphatic heterocycles. The molecule has 18 heavy (non-hydrogen) atoms. The summed E-state index contributed by atoms with van der Waals surface area (Å²) >= 11 is 0. The Hall–Kier alpha value is -1.06. The van der Waals surface area contributed by atoms with Gasteiger partial charge in [-0.2, -0.15) is 0 Å². The van der Waals surface area contributed by atoms with Gasteiger partial charge in [-0.3, -0.25) is 9.59 Å². The standard InChI is InChI=1S/C14H26N2O2/c1-6-7-8-9-10-16-12(18)13(2,3)15-11(17)14(16,4)5/h6-10H2,1-5H3,(H,15,17). The highest BCUT2D eigenvalue weighted by atomic mass is 16.2. The lowest BCUT2D eigenvalue weighted by Gasteiger charge is -2.47. The van der Waals surface area contributed by atoms with Crippen LogP contribution >= 0.6 is 0 Å². The van der Waals surface area contributed by atoms with Gasteiger partial charge in [0.2, 0.25) is 11.8 Å². The van der Waals surface area contributed by atoms with Crippen molar-refractivity contribution < 1.29 is 9.59 Å². The minimum Gasteiger partial charge on any atom is -0.340 e. The summed E-state index contributed by atoms with van der Waals surface area (Å²) in [5.41, 5.74) is -1.52. The Morgan fingerprint density at radius 2 is 1.67 bits per heavy atom. The molecule has 1 fully saturated rings. The van der Waals surface area contributed by atoms with Gasteiger partial charge >= 0.3 is 0 Å². The van der Waals surface area contributed by atoms with E-state index in [0.717, 1.165) is 12.8 Å². The molecule has 2 amide bonds. The lowest BCUT2D eigenvalue weighted by molar-refractivity contribution is -0.159. The van der Waals surface area contributed by atoms with E-state index in [1.807, 2.05) is 13.8 Å². The highest BCUT2D eigenvalue weighted by Crippen LogP contribution is 2.26. The van der Waals surface area contributed by atoms with Crippen LogP contribution in [0.5, 0.6) is 0 Å². The van der Waals surface area contributed by atoms with Crippen molar-refractivity contribution in [3.8, 4) is 0 Å². The Morgan fingerprint density at radius 3 is 2.22 bits per heavy atom. The van der Waals surface area contributed by atoms with E-state index in [1.165, 1.54) is 12.8 Å². The number of nitrogens with one attached hydrogen (secondary N) is 1. The third-order valence-electron chi connectivity index (χ3n) is 3.67. The van der Waals surface area contributed by atoms with Gasteiger partial charge in [-0.05, 0) is 34.1 Å². The number of carbonyl (C=O) groups excluding carboxylic acids is 2. The second-order valence-corrected chi connectivity index (χ2v) is 6.16. The fraction of sp³-hybridized carbons (Fsp3) is 0.857. The smallest absolute Gasteiger partial charge is 0.248 e. The first-order chi connectivity index (χ1) is 8.23. The molecular weight excluding hydrogens is 228 g/mol. The lowest BCUT2D eigenvalue weighted by atomic mass is 9.89. The van der Waals surface area contributed by atoms with Gasteiger partial charge < -0.3 is 10.2 Å². The molecule has 104 valence electrons. The Bertz CT molecular complexity index is 335. The van der Waals surface area contributed by atoms with E-state index in [0.29, 0.717) is 6.54 Å². The molecule has 1 heterocycles. The first-order valence-corrected chi connectivity index (χ1v) is 6.88. The largest absolute Gasteiger partial charge is 0.340 e. The summed E-state index contributed by atoms with van der Waals surface area (Å²) in [6.45, 7) is 9.99. The summed E-state index contributed by atoms with van der Waals surface area (Å²) in [4.78, 5) is 26.2. The molecule has 0 aromatic heterocycles. The summed E-state index contributed by atoms with van der Waals surface area (Å²) in [5.74, 6) is -0.0498. The number of hydrogen-bond acceptors (Lipinski definition) is 2. The van der Waals surface area contributed by atoms with Crippen molar-refractivity contribution in [3.63, 3.8) is 0 Å². The minimum absolute atomic E-state index is 0.0172. The van der Waals surface area contributed by atoms with Crippen LogP contribution in [0, 0.1) is 0 Å². The summed E-state index contributed by atoms with van der Waals surface area (Å²) in [6.07, 6.45) is 4.42. The maximum atomic E-state index is 12.4. The summed E-state index contributed by atoms with van der Waals surface area (Å²) in [5, 5.41) is 2.80. The topological polar surface area (TPSA) is 49.4 Å². The Labute approximate surface area is 110 Å². The highest BCUT2D eigenvalue weighted by Gasteiger charge is 2.49. The molecule has 0 spiro atoms. The zero-order chi connectivity index (χ0) is 14.0. The van der Waals surface area contributed by atoms with Gasteiger partial charge in [0.05, 0.1) is 0 Å². The molecule has 1 rings (SSSR count). The molecule has 0 atom stereocenters. The number of amides is 2. The van der Waals surface area contributed by atoms with Gasteiger partial charge in [-0.1, -0.05) is 26.2 Å². The van der Waals surface area contributed by atoms with Crippen molar-refractivity contribution in [2.45, 2.75) is 71.4 Å². The predicted molar refractivity (Wildman–Crippen MR) is 72.2 cm³/mol. The van der Waals surface area contributed by atoms with E-state index in [9.17, 15) is 9.59 Å². The molecule has 4 heteroatoms. The molecule has 0 aromatic rings. The zero-order valence-electron chi connectivity index (χ0n) is 12.3. The van der Waals surface area contributed by atoms with Gasteiger partial charge in [0.1, 0.15) is 11.1 Å². The third kappa shape index (κ3) is 2.85. The van der Waals surface area contributed by atoms with Gasteiger partial charge in [0, 0.05) is 6.54 Å². The lowest BCUT2D eigenvalue weighted by Crippen LogP contribution is -2.72. The molecule has 0 saturated carbocycles. The van der Waals surface area contributed by atoms with Gasteiger partial charge in [-0.25, -0.2) is 0 Å². The van der Waals surface area contributed by atoms with Crippen LogP contribution in [0.15, 0.2) is 0 Å². The van der Waals surface area contributed by atoms with Crippen molar-refractivity contribution >= 4 is 11.8 Å². The average Bonchev–Trinajstić information content (AvgIpc) is 2.25. The van der Waals surface area contributed by atoms with E-state index in [2.05, 4.69) is 12.2 Å². The van der Waals surface area contributed by atoms with Crippen molar-refractivity contribution in [1.29, 1.82) is 0 Å². The molecule has 0 aliphatic carbocycles. The van der Waals surface area contributed by atoms with Crippen LogP contribution in [0.4, 0.5) is 0 Å². The molecule has 1 saturated heterocycles. The normalized spacial score (nSPS) is 21.9. The zero-order valence-corrected chi connectivity index (χ0v) is 12.3. The Morgan fingerprint density at radius 1 is 1.06 bits per heavy atom. The second kappa shape index (κ2) is 5.29. The summed E-state index contributed by atoms with van der Waals surface area (Å²) in [6, 6.07) is 0. The monoisotopic (exact) mass is 254 g/mol. The van der Waals surface area contributed by atoms with Crippen LogP contribution in [-0.4, -0.2) is 34.3 Å². The SMILES string of the molecule is CCCCCCN1C(=O)C(C)(C)NC(=O)C1(C)C. The van der Waals surface area contributed by atoms with Crippen molar-refractivity contribution in [2.24, 2.45) is 0 Å². The van der Waals surface area contributed by atoms with E-state index in [1.54, 1.807) is 18.7 Å². The molecule has 1 N–H and O–H groups in total. The van der Waals surface area contributed by atoms with Crippen molar-refractivity contribution in [2.75, 3.05) is 6.54 Å². The fourth-order valence-electron chi connectivity index (χ4n) is 2.28. The van der Waals surface area contributed by atoms with E-state index in [4.69, 9.17) is 0 Å². The fourth-order valence-corrected chi connectivity index (χ4v) is 2.28. The van der Waals surface area contributed by atoms with Gasteiger partial charge in [0.25, 0.3) is 0 Å². The second-order valence-electron chi connectivity index (χ2n) is 6.16. The van der Waals surface area contributed by atoms with Crippen LogP contribution < -0.4 is 5.32 Å². The number of piperazine rings is 1. The molecular formula is C14H26N2O2. The van der Waals surface area contributed by atoms with Crippen LogP contribution in [0.3, 0.4) is 0 Å².